The first-order valence-electron chi connectivity index (χ1n) is 6.57. The van der Waals surface area contributed by atoms with E-state index in [1.165, 1.54) is 0 Å². The van der Waals surface area contributed by atoms with E-state index in [1.54, 1.807) is 0 Å². The highest BCUT2D eigenvalue weighted by atomic mass is 32.2. The molecule has 0 bridgehead atoms. The molecule has 1 N–H and O–H groups in total. The summed E-state index contributed by atoms with van der Waals surface area (Å²) < 4.78 is 27.1. The van der Waals surface area contributed by atoms with Crippen molar-refractivity contribution in [1.82, 2.24) is 4.72 Å². The number of aryl methyl sites for hydroxylation is 1. The van der Waals surface area contributed by atoms with E-state index in [0.717, 1.165) is 16.7 Å². The van der Waals surface area contributed by atoms with Gasteiger partial charge in [0.2, 0.25) is 10.0 Å². The van der Waals surface area contributed by atoms with Gasteiger partial charge in [0.25, 0.3) is 0 Å². The van der Waals surface area contributed by atoms with Crippen LogP contribution in [0.4, 0.5) is 0 Å². The maximum atomic E-state index is 12.2. The Bertz CT molecular complexity index is 666. The first-order chi connectivity index (χ1) is 9.46. The molecule has 0 aliphatic heterocycles. The van der Waals surface area contributed by atoms with Crippen LogP contribution in [0.5, 0.6) is 0 Å². The monoisotopic (exact) mass is 289 g/mol. The zero-order chi connectivity index (χ0) is 14.6. The maximum Gasteiger partial charge on any atom is 0.216 e. The average molecular weight is 289 g/mol. The van der Waals surface area contributed by atoms with Crippen molar-refractivity contribution in [2.24, 2.45) is 0 Å². The zero-order valence-corrected chi connectivity index (χ0v) is 12.5. The predicted octanol–water partition coefficient (Wildman–Crippen LogP) is 3.18. The molecule has 20 heavy (non-hydrogen) atoms. The average Bonchev–Trinajstić information content (AvgIpc) is 2.38. The predicted molar refractivity (Wildman–Crippen MR) is 81.8 cm³/mol. The van der Waals surface area contributed by atoms with Gasteiger partial charge in [-0.1, -0.05) is 60.2 Å². The second kappa shape index (κ2) is 6.20. The zero-order valence-electron chi connectivity index (χ0n) is 11.7. The molecule has 0 saturated heterocycles. The SMILES string of the molecule is Cc1cccc(CS(=O)(=O)N[C@@H](C)c2ccccc2)c1. The molecule has 0 heterocycles. The van der Waals surface area contributed by atoms with Gasteiger partial charge < -0.3 is 0 Å². The van der Waals surface area contributed by atoms with Gasteiger partial charge in [0.15, 0.2) is 0 Å². The van der Waals surface area contributed by atoms with Crippen LogP contribution >= 0.6 is 0 Å². The molecule has 0 radical (unpaired) electrons. The number of rotatable bonds is 5. The summed E-state index contributed by atoms with van der Waals surface area (Å²) in [5, 5.41) is 0. The van der Waals surface area contributed by atoms with E-state index >= 15 is 0 Å². The second-order valence-corrected chi connectivity index (χ2v) is 6.75. The third kappa shape index (κ3) is 4.18. The molecule has 0 unspecified atom stereocenters. The highest BCUT2D eigenvalue weighted by Gasteiger charge is 2.16. The first-order valence-corrected chi connectivity index (χ1v) is 8.22. The number of sulfonamides is 1. The Balaban J connectivity index is 2.08. The molecule has 0 fully saturated rings. The van der Waals surface area contributed by atoms with Gasteiger partial charge in [-0.05, 0) is 25.0 Å². The maximum absolute atomic E-state index is 12.2. The van der Waals surface area contributed by atoms with E-state index in [-0.39, 0.29) is 11.8 Å². The molecule has 106 valence electrons. The van der Waals surface area contributed by atoms with Crippen LogP contribution in [0.1, 0.15) is 29.7 Å². The van der Waals surface area contributed by atoms with E-state index in [1.807, 2.05) is 68.4 Å². The number of hydrogen-bond acceptors (Lipinski definition) is 2. The molecule has 0 amide bonds. The summed E-state index contributed by atoms with van der Waals surface area (Å²) >= 11 is 0. The molecule has 4 heteroatoms. The largest absolute Gasteiger partial charge is 0.216 e. The van der Waals surface area contributed by atoms with Crippen molar-refractivity contribution < 1.29 is 8.42 Å². The molecule has 0 aliphatic rings. The summed E-state index contributed by atoms with van der Waals surface area (Å²) in [6.45, 7) is 3.80. The Hall–Kier alpha value is -1.65. The van der Waals surface area contributed by atoms with Crippen molar-refractivity contribution in [3.05, 3.63) is 71.3 Å². The Morgan fingerprint density at radius 1 is 1.05 bits per heavy atom. The van der Waals surface area contributed by atoms with Gasteiger partial charge in [-0.25, -0.2) is 13.1 Å². The van der Waals surface area contributed by atoms with E-state index in [4.69, 9.17) is 0 Å². The first kappa shape index (κ1) is 14.8. The van der Waals surface area contributed by atoms with Crippen LogP contribution in [0.3, 0.4) is 0 Å². The van der Waals surface area contributed by atoms with Crippen molar-refractivity contribution in [1.29, 1.82) is 0 Å². The number of nitrogens with one attached hydrogen (secondary N) is 1. The van der Waals surface area contributed by atoms with Gasteiger partial charge in [0, 0.05) is 6.04 Å². The van der Waals surface area contributed by atoms with Crippen molar-refractivity contribution in [2.75, 3.05) is 0 Å². The van der Waals surface area contributed by atoms with Gasteiger partial charge in [0.05, 0.1) is 5.75 Å². The fraction of sp³-hybridized carbons (Fsp3) is 0.250. The minimum absolute atomic E-state index is 0.00581. The molecule has 0 aliphatic carbocycles. The molecular formula is C16H19NO2S. The Morgan fingerprint density at radius 2 is 1.75 bits per heavy atom. The minimum atomic E-state index is -3.35. The lowest BCUT2D eigenvalue weighted by Gasteiger charge is -2.14. The Kier molecular flexibility index (Phi) is 4.57. The van der Waals surface area contributed by atoms with Gasteiger partial charge in [0.1, 0.15) is 0 Å². The highest BCUT2D eigenvalue weighted by Crippen LogP contribution is 2.15. The number of hydrogen-bond donors (Lipinski definition) is 1. The van der Waals surface area contributed by atoms with E-state index in [9.17, 15) is 8.42 Å². The van der Waals surface area contributed by atoms with E-state index in [0.29, 0.717) is 0 Å². The van der Waals surface area contributed by atoms with Crippen LogP contribution in [-0.2, 0) is 15.8 Å². The topological polar surface area (TPSA) is 46.2 Å². The number of benzene rings is 2. The second-order valence-electron chi connectivity index (χ2n) is 5.00. The molecule has 2 aromatic rings. The Morgan fingerprint density at radius 3 is 2.40 bits per heavy atom. The fourth-order valence-corrected chi connectivity index (χ4v) is 3.52. The summed E-state index contributed by atoms with van der Waals surface area (Å²) in [5.74, 6) is 0.00581. The van der Waals surface area contributed by atoms with Crippen molar-refractivity contribution in [3.8, 4) is 0 Å². The summed E-state index contributed by atoms with van der Waals surface area (Å²) in [6, 6.07) is 16.9. The molecule has 0 saturated carbocycles. The molecule has 3 nitrogen and oxygen atoms in total. The quantitative estimate of drug-likeness (QED) is 0.919. The highest BCUT2D eigenvalue weighted by molar-refractivity contribution is 7.88. The lowest BCUT2D eigenvalue weighted by atomic mass is 10.1. The molecule has 2 aromatic carbocycles. The van der Waals surface area contributed by atoms with Crippen LogP contribution in [0.2, 0.25) is 0 Å². The van der Waals surface area contributed by atoms with Crippen molar-refractivity contribution >= 4 is 10.0 Å². The van der Waals surface area contributed by atoms with E-state index in [2.05, 4.69) is 4.72 Å². The Labute approximate surface area is 120 Å². The molecule has 0 aromatic heterocycles. The van der Waals surface area contributed by atoms with E-state index < -0.39 is 10.0 Å². The lowest BCUT2D eigenvalue weighted by molar-refractivity contribution is 0.566. The molecule has 1 atom stereocenters. The standard InChI is InChI=1S/C16H19NO2S/c1-13-7-6-8-15(11-13)12-20(18,19)17-14(2)16-9-4-3-5-10-16/h3-11,14,17H,12H2,1-2H3/t14-/m0/s1. The summed E-state index contributed by atoms with van der Waals surface area (Å²) in [6.07, 6.45) is 0. The summed E-state index contributed by atoms with van der Waals surface area (Å²) in [7, 11) is -3.35. The summed E-state index contributed by atoms with van der Waals surface area (Å²) in [4.78, 5) is 0. The van der Waals surface area contributed by atoms with Crippen LogP contribution in [-0.4, -0.2) is 8.42 Å². The molecule has 2 rings (SSSR count). The lowest BCUT2D eigenvalue weighted by Crippen LogP contribution is -2.28. The third-order valence-electron chi connectivity index (χ3n) is 3.10. The summed E-state index contributed by atoms with van der Waals surface area (Å²) in [5.41, 5.74) is 2.83. The van der Waals surface area contributed by atoms with Crippen LogP contribution < -0.4 is 4.72 Å². The fourth-order valence-electron chi connectivity index (χ4n) is 2.14. The van der Waals surface area contributed by atoms with Crippen molar-refractivity contribution in [3.63, 3.8) is 0 Å². The van der Waals surface area contributed by atoms with Gasteiger partial charge in [-0.15, -0.1) is 0 Å². The van der Waals surface area contributed by atoms with Crippen molar-refractivity contribution in [2.45, 2.75) is 25.6 Å². The molecular weight excluding hydrogens is 270 g/mol. The van der Waals surface area contributed by atoms with Crippen LogP contribution in [0, 0.1) is 6.92 Å². The van der Waals surface area contributed by atoms with Crippen LogP contribution in [0.15, 0.2) is 54.6 Å². The normalized spacial score (nSPS) is 13.1. The van der Waals surface area contributed by atoms with Gasteiger partial charge in [-0.2, -0.15) is 0 Å². The third-order valence-corrected chi connectivity index (χ3v) is 4.52. The minimum Gasteiger partial charge on any atom is -0.212 e. The molecule has 0 spiro atoms. The van der Waals surface area contributed by atoms with Gasteiger partial charge >= 0.3 is 0 Å². The smallest absolute Gasteiger partial charge is 0.212 e. The van der Waals surface area contributed by atoms with Gasteiger partial charge in [-0.3, -0.25) is 0 Å². The van der Waals surface area contributed by atoms with Crippen LogP contribution in [0.25, 0.3) is 0 Å².